The summed E-state index contributed by atoms with van der Waals surface area (Å²) in [7, 11) is -0.372. The second-order valence-corrected chi connectivity index (χ2v) is 10.3. The minimum absolute atomic E-state index is 0. The van der Waals surface area contributed by atoms with Crippen molar-refractivity contribution in [3.05, 3.63) is 54.0 Å². The zero-order valence-corrected chi connectivity index (χ0v) is 20.3. The molecule has 4 heteroatoms. The summed E-state index contributed by atoms with van der Waals surface area (Å²) in [6, 6.07) is 0. The van der Waals surface area contributed by atoms with Crippen molar-refractivity contribution in [2.75, 3.05) is 0 Å². The molecular formula is C21H27Cl2SiZr. The molecule has 4 rings (SSSR count). The molecule has 0 saturated heterocycles. The molecular weight excluding hydrogens is 442 g/mol. The van der Waals surface area contributed by atoms with Crippen molar-refractivity contribution < 1.29 is 51.0 Å². The number of allylic oxidation sites excluding steroid dienone is 8. The molecule has 2 fully saturated rings. The first-order valence-electron chi connectivity index (χ1n) is 8.89. The van der Waals surface area contributed by atoms with Crippen LogP contribution in [0.25, 0.3) is 0 Å². The van der Waals surface area contributed by atoms with Crippen LogP contribution >= 0.6 is 0 Å². The minimum Gasteiger partial charge on any atom is -1.00 e. The van der Waals surface area contributed by atoms with Crippen molar-refractivity contribution in [3.8, 4) is 0 Å². The number of fused-ring (bicyclic) bond motifs is 3. The van der Waals surface area contributed by atoms with Gasteiger partial charge in [0.1, 0.15) is 0 Å². The number of hydrogen-bond acceptors (Lipinski definition) is 0. The third kappa shape index (κ3) is 3.63. The molecule has 0 aromatic rings. The maximum absolute atomic E-state index is 2.78. The van der Waals surface area contributed by atoms with Crippen LogP contribution < -0.4 is 24.8 Å². The molecule has 0 heterocycles. The summed E-state index contributed by atoms with van der Waals surface area (Å²) in [5.74, 6) is 2.21. The van der Waals surface area contributed by atoms with E-state index in [1.165, 1.54) is 25.7 Å². The Balaban J connectivity index is 0.00000104. The Bertz CT molecular complexity index is 651. The van der Waals surface area contributed by atoms with Crippen molar-refractivity contribution in [1.29, 1.82) is 0 Å². The van der Waals surface area contributed by atoms with E-state index < -0.39 is 0 Å². The molecule has 4 unspecified atom stereocenters. The van der Waals surface area contributed by atoms with E-state index in [1.807, 2.05) is 5.17 Å². The van der Waals surface area contributed by atoms with E-state index in [0.717, 1.165) is 11.8 Å². The van der Waals surface area contributed by atoms with Gasteiger partial charge in [-0.2, -0.15) is 0 Å². The summed E-state index contributed by atoms with van der Waals surface area (Å²) in [5.41, 5.74) is 3.61. The minimum atomic E-state index is -0.372. The average molecular weight is 470 g/mol. The van der Waals surface area contributed by atoms with Gasteiger partial charge in [0.25, 0.3) is 0 Å². The van der Waals surface area contributed by atoms with Gasteiger partial charge < -0.3 is 31.2 Å². The van der Waals surface area contributed by atoms with E-state index in [9.17, 15) is 0 Å². The molecule has 1 radical (unpaired) electrons. The summed E-state index contributed by atoms with van der Waals surface area (Å²) in [6.07, 6.45) is 22.4. The summed E-state index contributed by atoms with van der Waals surface area (Å²) in [4.78, 5) is 0. The quantitative estimate of drug-likeness (QED) is 0.346. The van der Waals surface area contributed by atoms with Crippen LogP contribution in [0.4, 0.5) is 0 Å². The maximum Gasteiger partial charge on any atom is 3.00 e. The van der Waals surface area contributed by atoms with Crippen LogP contribution in [0.3, 0.4) is 0 Å². The van der Waals surface area contributed by atoms with Gasteiger partial charge in [0.15, 0.2) is 0 Å². The standard InChI is InChI=1S/C21H27Si.2ClH.Zr/c1-15-8-6-11-18(15)21-14-16-9-4-5-10-17(16)19(21)12-7-13-20(21)22(2)3;;;/h4-6,8-10,14,16-17,19H,7,11-13H2,1-3H3;2*1H;/q-1;;;+3/p-2. The van der Waals surface area contributed by atoms with E-state index in [-0.39, 0.29) is 59.4 Å². The van der Waals surface area contributed by atoms with Crippen LogP contribution in [-0.4, -0.2) is 13.6 Å². The first-order valence-corrected chi connectivity index (χ1v) is 11.4. The average Bonchev–Trinajstić information content (AvgIpc) is 3.08. The SMILES string of the molecule is CC1=C(C23[CH-]C4C=CC=CC4C2CCCC3=[Si](C)C)CC=C1.[Cl-].[Cl-].[Zr+3]. The Hall–Kier alpha value is 0.510. The Kier molecular flexibility index (Phi) is 8.60. The van der Waals surface area contributed by atoms with Gasteiger partial charge in [0, 0.05) is 8.41 Å². The summed E-state index contributed by atoms with van der Waals surface area (Å²) in [6.45, 7) is 7.38. The van der Waals surface area contributed by atoms with Crippen molar-refractivity contribution in [2.45, 2.75) is 45.7 Å². The van der Waals surface area contributed by atoms with Crippen molar-refractivity contribution in [3.63, 3.8) is 0 Å². The smallest absolute Gasteiger partial charge is 1.00 e. The molecule has 0 nitrogen and oxygen atoms in total. The Morgan fingerprint density at radius 2 is 1.88 bits per heavy atom. The van der Waals surface area contributed by atoms with E-state index >= 15 is 0 Å². The topological polar surface area (TPSA) is 0 Å². The van der Waals surface area contributed by atoms with Crippen LogP contribution in [0, 0.1) is 29.6 Å². The maximum atomic E-state index is 2.78. The summed E-state index contributed by atoms with van der Waals surface area (Å²) in [5, 5.41) is 1.92. The largest absolute Gasteiger partial charge is 3.00 e. The van der Waals surface area contributed by atoms with Crippen LogP contribution in [0.2, 0.25) is 13.1 Å². The van der Waals surface area contributed by atoms with Crippen LogP contribution in [0.1, 0.15) is 32.6 Å². The summed E-state index contributed by atoms with van der Waals surface area (Å²) < 4.78 is 0. The molecule has 25 heavy (non-hydrogen) atoms. The monoisotopic (exact) mass is 467 g/mol. The third-order valence-corrected chi connectivity index (χ3v) is 8.31. The van der Waals surface area contributed by atoms with E-state index in [4.69, 9.17) is 0 Å². The molecule has 0 aromatic carbocycles. The van der Waals surface area contributed by atoms with Crippen molar-refractivity contribution in [2.24, 2.45) is 23.2 Å². The van der Waals surface area contributed by atoms with E-state index in [0.29, 0.717) is 11.3 Å². The van der Waals surface area contributed by atoms with Gasteiger partial charge in [-0.05, 0) is 32.1 Å². The summed E-state index contributed by atoms with van der Waals surface area (Å²) >= 11 is 0. The van der Waals surface area contributed by atoms with Crippen LogP contribution in [0.15, 0.2) is 47.6 Å². The first-order chi connectivity index (χ1) is 10.6. The van der Waals surface area contributed by atoms with Crippen LogP contribution in [-0.2, 0) is 26.2 Å². The molecule has 0 spiro atoms. The fourth-order valence-electron chi connectivity index (χ4n) is 5.67. The zero-order valence-electron chi connectivity index (χ0n) is 15.4. The van der Waals surface area contributed by atoms with Gasteiger partial charge in [0.05, 0.1) is 0 Å². The fraction of sp³-hybridized carbons (Fsp3) is 0.524. The fourth-order valence-corrected chi connectivity index (χ4v) is 7.60. The second-order valence-electron chi connectivity index (χ2n) is 7.71. The first kappa shape index (κ1) is 23.5. The van der Waals surface area contributed by atoms with Gasteiger partial charge >= 0.3 is 26.2 Å². The van der Waals surface area contributed by atoms with Gasteiger partial charge in [-0.3, -0.25) is 0 Å². The second kappa shape index (κ2) is 9.13. The number of halogens is 2. The van der Waals surface area contributed by atoms with E-state index in [1.54, 1.807) is 11.1 Å². The van der Waals surface area contributed by atoms with Gasteiger partial charge in [-0.1, -0.05) is 67.0 Å². The van der Waals surface area contributed by atoms with Gasteiger partial charge in [0.2, 0.25) is 0 Å². The van der Waals surface area contributed by atoms with Crippen molar-refractivity contribution in [1.82, 2.24) is 0 Å². The molecule has 133 valence electrons. The Morgan fingerprint density at radius 3 is 2.52 bits per heavy atom. The number of hydrogen-bond donors (Lipinski definition) is 0. The molecule has 0 N–H and O–H groups in total. The molecule has 4 aliphatic rings. The van der Waals surface area contributed by atoms with Crippen LogP contribution in [0.5, 0.6) is 0 Å². The Morgan fingerprint density at radius 1 is 1.16 bits per heavy atom. The molecule has 4 atom stereocenters. The predicted octanol–water partition coefficient (Wildman–Crippen LogP) is -0.860. The third-order valence-electron chi connectivity index (χ3n) is 6.44. The molecule has 0 aromatic heterocycles. The predicted molar refractivity (Wildman–Crippen MR) is 98.3 cm³/mol. The molecule has 0 bridgehead atoms. The zero-order chi connectivity index (χ0) is 15.3. The van der Waals surface area contributed by atoms with Gasteiger partial charge in [-0.25, -0.2) is 0 Å². The molecule has 4 aliphatic carbocycles. The molecule has 0 aliphatic heterocycles. The van der Waals surface area contributed by atoms with Gasteiger partial charge in [-0.15, -0.1) is 22.6 Å². The molecule has 2 saturated carbocycles. The molecule has 0 amide bonds. The number of rotatable bonds is 1. The van der Waals surface area contributed by atoms with E-state index in [2.05, 4.69) is 62.9 Å². The Labute approximate surface area is 186 Å². The van der Waals surface area contributed by atoms with Crippen molar-refractivity contribution >= 4 is 13.6 Å². The normalized spacial score (nSPS) is 34.7.